The van der Waals surface area contributed by atoms with E-state index >= 15 is 0 Å². The van der Waals surface area contributed by atoms with Crippen molar-refractivity contribution in [3.05, 3.63) is 96.6 Å². The normalized spacial score (nSPS) is 13.0. The molecular weight excluding hydrogens is 569 g/mol. The molecule has 45 heavy (non-hydrogen) atoms. The first-order valence-electron chi connectivity index (χ1n) is 16.2. The molecule has 7 heteroatoms. The molecule has 1 amide bonds. The van der Waals surface area contributed by atoms with E-state index in [1.54, 1.807) is 12.1 Å². The van der Waals surface area contributed by atoms with Crippen LogP contribution in [-0.2, 0) is 19.1 Å². The van der Waals surface area contributed by atoms with Crippen molar-refractivity contribution in [2.45, 2.75) is 99.0 Å². The van der Waals surface area contributed by atoms with E-state index in [-0.39, 0.29) is 23.9 Å². The lowest BCUT2D eigenvalue weighted by atomic mass is 10.1. The number of carbonyl (C=O) groups is 2. The van der Waals surface area contributed by atoms with Gasteiger partial charge in [-0.1, -0.05) is 116 Å². The molecule has 0 saturated carbocycles. The lowest BCUT2D eigenvalue weighted by molar-refractivity contribution is -0.135. The standard InChI is InChI=1S/C23H29NO5.C7H7F.2C4H10/c1-5-6-9-15-24-19-10-7-8-11-20(19)29-21(22(24)25)14-16-28-18(3)13-12-17(2)23(26)27-4;1-6-2-4-7(8)5-3-6;2*1-3-4-2/h7-8,10-13,21H,2-3,5-6,9,14-16H2,1,4H3;2-5H,1H3;2*3-4H2,1-2H3/b13-12-;;;. The van der Waals surface area contributed by atoms with Gasteiger partial charge in [-0.2, -0.15) is 0 Å². The fourth-order valence-corrected chi connectivity index (χ4v) is 3.48. The summed E-state index contributed by atoms with van der Waals surface area (Å²) in [6, 6.07) is 14.0. The number of hydrogen-bond donors (Lipinski definition) is 0. The van der Waals surface area contributed by atoms with Crippen molar-refractivity contribution in [2.75, 3.05) is 25.2 Å². The molecule has 0 aliphatic carbocycles. The van der Waals surface area contributed by atoms with Gasteiger partial charge in [-0.05, 0) is 49.8 Å². The number of amides is 1. The number of hydrogen-bond acceptors (Lipinski definition) is 5. The molecule has 1 atom stereocenters. The highest BCUT2D eigenvalue weighted by molar-refractivity contribution is 6.00. The van der Waals surface area contributed by atoms with Crippen molar-refractivity contribution in [1.82, 2.24) is 0 Å². The van der Waals surface area contributed by atoms with Crippen LogP contribution in [0.5, 0.6) is 5.75 Å². The SMILES string of the molecule is C=C(/C=C\C(=C)C(=O)OC)OCCC1Oc2ccccc2N(CCCCC)C1=O.CCCC.CCCC.Cc1ccc(F)cc1. The predicted molar refractivity (Wildman–Crippen MR) is 185 cm³/mol. The lowest BCUT2D eigenvalue weighted by Crippen LogP contribution is -2.46. The molecule has 1 unspecified atom stereocenters. The van der Waals surface area contributed by atoms with Crippen molar-refractivity contribution < 1.29 is 28.2 Å². The number of anilines is 1. The van der Waals surface area contributed by atoms with Gasteiger partial charge < -0.3 is 19.1 Å². The molecule has 3 rings (SSSR count). The summed E-state index contributed by atoms with van der Waals surface area (Å²) in [6.45, 7) is 21.1. The third-order valence-corrected chi connectivity index (χ3v) is 6.55. The summed E-state index contributed by atoms with van der Waals surface area (Å²) < 4.78 is 28.1. The Morgan fingerprint density at radius 1 is 0.911 bits per heavy atom. The molecule has 2 aromatic carbocycles. The minimum absolute atomic E-state index is 0.0522. The molecule has 0 N–H and O–H groups in total. The minimum Gasteiger partial charge on any atom is -0.494 e. The van der Waals surface area contributed by atoms with Gasteiger partial charge in [0, 0.05) is 13.0 Å². The maximum absolute atomic E-state index is 12.9. The van der Waals surface area contributed by atoms with E-state index in [9.17, 15) is 14.0 Å². The number of ether oxygens (including phenoxy) is 3. The third-order valence-electron chi connectivity index (χ3n) is 6.55. The largest absolute Gasteiger partial charge is 0.494 e. The van der Waals surface area contributed by atoms with E-state index in [0.29, 0.717) is 24.5 Å². The van der Waals surface area contributed by atoms with Gasteiger partial charge in [0.15, 0.2) is 6.10 Å². The molecule has 0 spiro atoms. The molecule has 6 nitrogen and oxygen atoms in total. The summed E-state index contributed by atoms with van der Waals surface area (Å²) in [4.78, 5) is 26.0. The van der Waals surface area contributed by atoms with E-state index in [1.165, 1.54) is 57.1 Å². The highest BCUT2D eigenvalue weighted by Gasteiger charge is 2.33. The zero-order valence-corrected chi connectivity index (χ0v) is 28.7. The first-order chi connectivity index (χ1) is 21.6. The number of esters is 1. The van der Waals surface area contributed by atoms with Crippen LogP contribution >= 0.6 is 0 Å². The molecule has 1 aliphatic rings. The summed E-state index contributed by atoms with van der Waals surface area (Å²) in [5.41, 5.74) is 2.10. The monoisotopic (exact) mass is 625 g/mol. The second kappa shape index (κ2) is 25.5. The van der Waals surface area contributed by atoms with Crippen LogP contribution in [0.25, 0.3) is 0 Å². The van der Waals surface area contributed by atoms with E-state index < -0.39 is 12.1 Å². The number of carbonyl (C=O) groups excluding carboxylic acids is 2. The van der Waals surface area contributed by atoms with Crippen molar-refractivity contribution in [3.63, 3.8) is 0 Å². The Balaban J connectivity index is 0.000000985. The topological polar surface area (TPSA) is 65.1 Å². The molecule has 250 valence electrons. The third kappa shape index (κ3) is 17.9. The van der Waals surface area contributed by atoms with Crippen molar-refractivity contribution >= 4 is 17.6 Å². The van der Waals surface area contributed by atoms with Crippen molar-refractivity contribution in [2.24, 2.45) is 0 Å². The van der Waals surface area contributed by atoms with E-state index in [2.05, 4.69) is 52.5 Å². The summed E-state index contributed by atoms with van der Waals surface area (Å²) in [5, 5.41) is 0. The van der Waals surface area contributed by atoms with Crippen LogP contribution in [0.3, 0.4) is 0 Å². The number of para-hydroxylation sites is 2. The van der Waals surface area contributed by atoms with Crippen LogP contribution in [0.2, 0.25) is 0 Å². The van der Waals surface area contributed by atoms with E-state index in [0.717, 1.165) is 30.5 Å². The fraction of sp³-hybridized carbons (Fsp3) is 0.474. The number of aryl methyl sites for hydroxylation is 1. The number of rotatable bonds is 13. The zero-order chi connectivity index (χ0) is 34.0. The maximum Gasteiger partial charge on any atom is 0.337 e. The number of unbranched alkanes of at least 4 members (excludes halogenated alkanes) is 4. The van der Waals surface area contributed by atoms with Crippen LogP contribution in [0.1, 0.15) is 91.5 Å². The molecule has 0 saturated heterocycles. The van der Waals surface area contributed by atoms with Crippen LogP contribution in [0.15, 0.2) is 85.2 Å². The molecule has 0 radical (unpaired) electrons. The molecule has 1 aliphatic heterocycles. The first kappa shape index (κ1) is 41.1. The smallest absolute Gasteiger partial charge is 0.337 e. The van der Waals surface area contributed by atoms with Gasteiger partial charge in [-0.25, -0.2) is 9.18 Å². The number of halogens is 1. The number of allylic oxidation sites excluding steroid dienone is 1. The Hall–Kier alpha value is -3.87. The van der Waals surface area contributed by atoms with E-state index in [1.807, 2.05) is 36.1 Å². The Morgan fingerprint density at radius 2 is 1.51 bits per heavy atom. The van der Waals surface area contributed by atoms with Gasteiger partial charge in [0.2, 0.25) is 0 Å². The molecule has 2 aromatic rings. The Kier molecular flexibility index (Phi) is 23.3. The summed E-state index contributed by atoms with van der Waals surface area (Å²) >= 11 is 0. The van der Waals surface area contributed by atoms with Crippen molar-refractivity contribution in [1.29, 1.82) is 0 Å². The molecular formula is C38H56FNO5. The minimum atomic E-state index is -0.603. The zero-order valence-electron chi connectivity index (χ0n) is 28.7. The van der Waals surface area contributed by atoms with E-state index in [4.69, 9.17) is 9.47 Å². The number of methoxy groups -OCH3 is 1. The lowest BCUT2D eigenvalue weighted by Gasteiger charge is -2.34. The predicted octanol–water partition coefficient (Wildman–Crippen LogP) is 9.92. The average Bonchev–Trinajstić information content (AvgIpc) is 3.06. The molecule has 0 fully saturated rings. The molecule has 0 bridgehead atoms. The molecule has 0 aromatic heterocycles. The van der Waals surface area contributed by atoms with Crippen LogP contribution < -0.4 is 9.64 Å². The van der Waals surface area contributed by atoms with Gasteiger partial charge >= 0.3 is 5.97 Å². The van der Waals surface area contributed by atoms with Gasteiger partial charge in [0.1, 0.15) is 17.3 Å². The highest BCUT2D eigenvalue weighted by atomic mass is 19.1. The second-order valence-electron chi connectivity index (χ2n) is 10.5. The second-order valence-corrected chi connectivity index (χ2v) is 10.5. The van der Waals surface area contributed by atoms with Gasteiger partial charge in [0.25, 0.3) is 5.91 Å². The summed E-state index contributed by atoms with van der Waals surface area (Å²) in [5.74, 6) is 0.330. The summed E-state index contributed by atoms with van der Waals surface area (Å²) in [7, 11) is 1.29. The number of fused-ring (bicyclic) bond motifs is 1. The Labute approximate surface area is 272 Å². The van der Waals surface area contributed by atoms with Gasteiger partial charge in [-0.15, -0.1) is 0 Å². The number of benzene rings is 2. The Morgan fingerprint density at radius 3 is 2.04 bits per heavy atom. The van der Waals surface area contributed by atoms with Crippen LogP contribution in [0, 0.1) is 12.7 Å². The Bertz CT molecular complexity index is 1130. The fourth-order valence-electron chi connectivity index (χ4n) is 3.48. The number of nitrogens with zero attached hydrogens (tertiary/aromatic N) is 1. The van der Waals surface area contributed by atoms with Crippen LogP contribution in [-0.4, -0.2) is 38.2 Å². The quantitative estimate of drug-likeness (QED) is 0.0729. The average molecular weight is 626 g/mol. The van der Waals surface area contributed by atoms with Crippen molar-refractivity contribution in [3.8, 4) is 5.75 Å². The summed E-state index contributed by atoms with van der Waals surface area (Å²) in [6.07, 6.45) is 11.2. The van der Waals surface area contributed by atoms with Gasteiger partial charge in [-0.3, -0.25) is 4.79 Å². The highest BCUT2D eigenvalue weighted by Crippen LogP contribution is 2.34. The van der Waals surface area contributed by atoms with Gasteiger partial charge in [0.05, 0.1) is 25.0 Å². The molecule has 1 heterocycles. The maximum atomic E-state index is 12.9. The van der Waals surface area contributed by atoms with Crippen LogP contribution in [0.4, 0.5) is 10.1 Å². The first-order valence-corrected chi connectivity index (χ1v) is 16.2.